The minimum atomic E-state index is -0.585. The number of H-pyrrole nitrogens is 2. The molecule has 5 heterocycles. The van der Waals surface area contributed by atoms with Gasteiger partial charge >= 0.3 is 0 Å². The van der Waals surface area contributed by atoms with E-state index in [1.807, 2.05) is 66.7 Å². The molecule has 9 rings (SSSR count). The first-order valence-corrected chi connectivity index (χ1v) is 17.5. The topological polar surface area (TPSA) is 107 Å². The number of carbonyl (C=O) groups is 1. The van der Waals surface area contributed by atoms with Gasteiger partial charge in [-0.1, -0.05) is 103 Å². The van der Waals surface area contributed by atoms with E-state index in [0.717, 1.165) is 89.4 Å². The van der Waals surface area contributed by atoms with Gasteiger partial charge in [0.15, 0.2) is 0 Å². The maximum absolute atomic E-state index is 11.9. The predicted octanol–water partition coefficient (Wildman–Crippen LogP) is 10.3. The lowest BCUT2D eigenvalue weighted by atomic mass is 10.0. The molecule has 0 saturated heterocycles. The van der Waals surface area contributed by atoms with Crippen LogP contribution >= 0.6 is 0 Å². The van der Waals surface area contributed by atoms with Crippen molar-refractivity contribution in [2.75, 3.05) is 11.9 Å². The van der Waals surface area contributed by atoms with E-state index in [1.165, 1.54) is 0 Å². The Morgan fingerprint density at radius 1 is 0.453 bits per heavy atom. The summed E-state index contributed by atoms with van der Waals surface area (Å²) in [6.45, 7) is -0.585. The van der Waals surface area contributed by atoms with Crippen LogP contribution in [0.2, 0.25) is 0 Å². The van der Waals surface area contributed by atoms with Crippen molar-refractivity contribution >= 4 is 58.0 Å². The van der Waals surface area contributed by atoms with Crippen LogP contribution in [0.5, 0.6) is 0 Å². The highest BCUT2D eigenvalue weighted by atomic mass is 16.3. The summed E-state index contributed by atoms with van der Waals surface area (Å²) < 4.78 is 0. The molecule has 8 bridgehead atoms. The molecule has 4 N–H and O–H groups in total. The Hall–Kier alpha value is -7.09. The summed E-state index contributed by atoms with van der Waals surface area (Å²) in [4.78, 5) is 30.1. The molecule has 4 aromatic carbocycles. The van der Waals surface area contributed by atoms with Gasteiger partial charge in [-0.15, -0.1) is 0 Å². The van der Waals surface area contributed by atoms with Crippen LogP contribution in [-0.2, 0) is 4.79 Å². The van der Waals surface area contributed by atoms with E-state index >= 15 is 0 Å². The third-order valence-electron chi connectivity index (χ3n) is 9.54. The number of amides is 1. The van der Waals surface area contributed by atoms with Crippen LogP contribution in [0.4, 0.5) is 5.69 Å². The summed E-state index contributed by atoms with van der Waals surface area (Å²) >= 11 is 0. The number of rotatable bonds is 6. The average Bonchev–Trinajstić information content (AvgIpc) is 4.05. The van der Waals surface area contributed by atoms with Crippen molar-refractivity contribution in [1.29, 1.82) is 0 Å². The fourth-order valence-electron chi connectivity index (χ4n) is 7.16. The van der Waals surface area contributed by atoms with Crippen LogP contribution in [0, 0.1) is 0 Å². The van der Waals surface area contributed by atoms with Gasteiger partial charge in [0, 0.05) is 50.0 Å². The molecule has 3 aromatic heterocycles. The average molecular weight is 688 g/mol. The molecular formula is C46H33N5O2. The molecule has 0 spiro atoms. The van der Waals surface area contributed by atoms with Gasteiger partial charge in [-0.3, -0.25) is 4.79 Å². The van der Waals surface area contributed by atoms with Gasteiger partial charge in [-0.25, -0.2) is 9.97 Å². The maximum atomic E-state index is 11.9. The van der Waals surface area contributed by atoms with E-state index in [9.17, 15) is 9.90 Å². The number of hydrogen-bond donors (Lipinski definition) is 4. The molecule has 0 aliphatic carbocycles. The van der Waals surface area contributed by atoms with Gasteiger partial charge in [0.05, 0.1) is 22.8 Å². The number of nitrogens with zero attached hydrogens (tertiary/aromatic N) is 2. The summed E-state index contributed by atoms with van der Waals surface area (Å²) in [6, 6.07) is 47.1. The van der Waals surface area contributed by atoms with Crippen molar-refractivity contribution in [1.82, 2.24) is 19.9 Å². The molecule has 7 heteroatoms. The molecule has 254 valence electrons. The van der Waals surface area contributed by atoms with E-state index in [4.69, 9.17) is 9.97 Å². The highest BCUT2D eigenvalue weighted by Gasteiger charge is 2.19. The Bertz CT molecular complexity index is 2690. The van der Waals surface area contributed by atoms with Gasteiger partial charge in [-0.05, 0) is 83.0 Å². The third-order valence-corrected chi connectivity index (χ3v) is 9.54. The number of anilines is 1. The van der Waals surface area contributed by atoms with Crippen LogP contribution in [-0.4, -0.2) is 37.6 Å². The fraction of sp³-hybridized carbons (Fsp3) is 0.0217. The Labute approximate surface area is 305 Å². The molecule has 0 unspecified atom stereocenters. The summed E-state index contributed by atoms with van der Waals surface area (Å²) in [5.74, 6) is -0.468. The van der Waals surface area contributed by atoms with E-state index < -0.39 is 12.5 Å². The zero-order chi connectivity index (χ0) is 35.7. The van der Waals surface area contributed by atoms with Crippen molar-refractivity contribution in [3.05, 3.63) is 162 Å². The first-order valence-electron chi connectivity index (χ1n) is 17.5. The number of aromatic nitrogens is 4. The summed E-state index contributed by atoms with van der Waals surface area (Å²) in [7, 11) is 0. The highest BCUT2D eigenvalue weighted by molar-refractivity contribution is 6.00. The minimum Gasteiger partial charge on any atom is -0.387 e. The molecule has 0 radical (unpaired) electrons. The number of aliphatic hydroxyl groups excluding tert-OH is 1. The van der Waals surface area contributed by atoms with E-state index in [2.05, 4.69) is 112 Å². The number of hydrogen-bond acceptors (Lipinski definition) is 4. The van der Waals surface area contributed by atoms with Crippen molar-refractivity contribution in [3.63, 3.8) is 0 Å². The highest BCUT2D eigenvalue weighted by Crippen LogP contribution is 2.38. The first kappa shape index (κ1) is 31.9. The second-order valence-electron chi connectivity index (χ2n) is 12.9. The molecule has 2 aliphatic heterocycles. The summed E-state index contributed by atoms with van der Waals surface area (Å²) in [5.41, 5.74) is 15.5. The SMILES string of the molecule is O=C(CO)Nc1ccc(-c2c3nc(c(-c4ccccc4)c4ccc([nH]4)c(-c4ccccc4)c4nc(c(-c5ccccc5)c5ccc2[nH]5)C=C4)C=C3)cc1. The summed E-state index contributed by atoms with van der Waals surface area (Å²) in [6.07, 6.45) is 8.33. The maximum Gasteiger partial charge on any atom is 0.250 e. The zero-order valence-corrected chi connectivity index (χ0v) is 28.5. The molecular weight excluding hydrogens is 655 g/mol. The number of aromatic amines is 2. The molecule has 0 fully saturated rings. The van der Waals surface area contributed by atoms with Crippen LogP contribution in [0.25, 0.3) is 90.9 Å². The number of nitrogens with one attached hydrogen (secondary N) is 3. The number of benzene rings is 4. The third kappa shape index (κ3) is 6.05. The lowest BCUT2D eigenvalue weighted by Crippen LogP contribution is -2.15. The first-order chi connectivity index (χ1) is 26.1. The van der Waals surface area contributed by atoms with Crippen LogP contribution in [0.3, 0.4) is 0 Å². The van der Waals surface area contributed by atoms with E-state index in [0.29, 0.717) is 5.69 Å². The quantitative estimate of drug-likeness (QED) is 0.140. The van der Waals surface area contributed by atoms with Crippen molar-refractivity contribution in [2.24, 2.45) is 0 Å². The lowest BCUT2D eigenvalue weighted by molar-refractivity contribution is -0.118. The fourth-order valence-corrected chi connectivity index (χ4v) is 7.16. The van der Waals surface area contributed by atoms with Crippen molar-refractivity contribution < 1.29 is 9.90 Å². The zero-order valence-electron chi connectivity index (χ0n) is 28.5. The van der Waals surface area contributed by atoms with Gasteiger partial charge in [0.1, 0.15) is 6.61 Å². The smallest absolute Gasteiger partial charge is 0.250 e. The van der Waals surface area contributed by atoms with Crippen molar-refractivity contribution in [3.8, 4) is 44.5 Å². The molecule has 1 amide bonds. The second kappa shape index (κ2) is 13.6. The monoisotopic (exact) mass is 687 g/mol. The minimum absolute atomic E-state index is 0.468. The number of aliphatic hydroxyl groups is 1. The Balaban J connectivity index is 1.42. The Morgan fingerprint density at radius 2 is 0.774 bits per heavy atom. The number of fused-ring (bicyclic) bond motifs is 8. The molecule has 7 nitrogen and oxygen atoms in total. The number of carbonyl (C=O) groups excluding carboxylic acids is 1. The molecule has 2 aliphatic rings. The van der Waals surface area contributed by atoms with Crippen LogP contribution in [0.1, 0.15) is 22.8 Å². The summed E-state index contributed by atoms with van der Waals surface area (Å²) in [5, 5.41) is 12.0. The van der Waals surface area contributed by atoms with Gasteiger partial charge in [-0.2, -0.15) is 0 Å². The molecule has 53 heavy (non-hydrogen) atoms. The van der Waals surface area contributed by atoms with Crippen molar-refractivity contribution in [2.45, 2.75) is 0 Å². The predicted molar refractivity (Wildman–Crippen MR) is 216 cm³/mol. The standard InChI is InChI=1S/C46H33N5O2/c52-28-42(53)47-33-18-16-32(17-19-33)46-40-26-24-38(50-40)44(30-12-6-2-7-13-30)36-22-20-34(48-36)43(29-10-4-1-5-11-29)35-21-23-37(49-35)45(31-14-8-3-9-15-31)39-25-27-41(46)51-39/h1-27,48,51-52H,28H2,(H,47,53). The normalized spacial score (nSPS) is 11.9. The molecule has 7 aromatic rings. The lowest BCUT2D eigenvalue weighted by Gasteiger charge is -2.08. The Kier molecular flexibility index (Phi) is 8.15. The van der Waals surface area contributed by atoms with Crippen LogP contribution < -0.4 is 5.32 Å². The second-order valence-corrected chi connectivity index (χ2v) is 12.9. The van der Waals surface area contributed by atoms with E-state index in [1.54, 1.807) is 0 Å². The molecule has 0 saturated carbocycles. The van der Waals surface area contributed by atoms with Gasteiger partial charge in [0.25, 0.3) is 0 Å². The van der Waals surface area contributed by atoms with Gasteiger partial charge < -0.3 is 20.4 Å². The Morgan fingerprint density at radius 3 is 1.09 bits per heavy atom. The van der Waals surface area contributed by atoms with Crippen LogP contribution in [0.15, 0.2) is 140 Å². The largest absolute Gasteiger partial charge is 0.387 e. The molecule has 0 atom stereocenters. The van der Waals surface area contributed by atoms with Gasteiger partial charge in [0.2, 0.25) is 5.91 Å². The van der Waals surface area contributed by atoms with E-state index in [-0.39, 0.29) is 0 Å².